The highest BCUT2D eigenvalue weighted by molar-refractivity contribution is 7.16. The highest BCUT2D eigenvalue weighted by Gasteiger charge is 2.32. The van der Waals surface area contributed by atoms with Gasteiger partial charge in [-0.1, -0.05) is 44.0 Å². The Morgan fingerprint density at radius 2 is 2.08 bits per heavy atom. The number of amides is 1. The summed E-state index contributed by atoms with van der Waals surface area (Å²) in [5, 5.41) is 13.9. The molecule has 0 spiro atoms. The molecule has 1 atom stereocenters. The van der Waals surface area contributed by atoms with E-state index in [4.69, 9.17) is 23.2 Å². The summed E-state index contributed by atoms with van der Waals surface area (Å²) in [5.74, 6) is 0.228. The molecule has 1 aliphatic rings. The van der Waals surface area contributed by atoms with Gasteiger partial charge in [0.15, 0.2) is 0 Å². The second-order valence-corrected chi connectivity index (χ2v) is 9.65. The molecule has 1 heterocycles. The maximum Gasteiger partial charge on any atom is 0.257 e. The molecule has 1 aromatic carbocycles. The molecule has 1 amide bonds. The average Bonchev–Trinajstić information content (AvgIpc) is 2.92. The van der Waals surface area contributed by atoms with Crippen LogP contribution in [0.5, 0.6) is 0 Å². The molecule has 2 aromatic rings. The molecule has 0 bridgehead atoms. The predicted molar refractivity (Wildman–Crippen MR) is 108 cm³/mol. The van der Waals surface area contributed by atoms with E-state index in [1.807, 2.05) is 0 Å². The first-order chi connectivity index (χ1) is 12.2. The minimum atomic E-state index is -0.347. The van der Waals surface area contributed by atoms with Gasteiger partial charge in [-0.15, -0.1) is 11.3 Å². The SMILES string of the molecule is CC(C)(C)C1CCc2c(sc(NC(=O)c3cc(Cl)ccc3Cl)c2C#N)C1. The van der Waals surface area contributed by atoms with Crippen LogP contribution in [-0.2, 0) is 12.8 Å². The number of thiophene rings is 1. The lowest BCUT2D eigenvalue weighted by molar-refractivity contribution is 0.102. The third-order valence-corrected chi connectivity index (χ3v) is 6.74. The van der Waals surface area contributed by atoms with Gasteiger partial charge in [-0.05, 0) is 54.4 Å². The zero-order chi connectivity index (χ0) is 19.1. The fourth-order valence-electron chi connectivity index (χ4n) is 3.37. The first-order valence-electron chi connectivity index (χ1n) is 8.51. The maximum absolute atomic E-state index is 12.6. The Kier molecular flexibility index (Phi) is 5.35. The molecule has 1 N–H and O–H groups in total. The summed E-state index contributed by atoms with van der Waals surface area (Å²) in [6, 6.07) is 7.04. The van der Waals surface area contributed by atoms with E-state index in [1.54, 1.807) is 12.1 Å². The van der Waals surface area contributed by atoms with Crippen LogP contribution in [0.3, 0.4) is 0 Å². The van der Waals surface area contributed by atoms with Crippen LogP contribution in [0.1, 0.15) is 53.6 Å². The quantitative estimate of drug-likeness (QED) is 0.632. The van der Waals surface area contributed by atoms with Crippen molar-refractivity contribution in [1.82, 2.24) is 0 Å². The molecule has 0 radical (unpaired) electrons. The first kappa shape index (κ1) is 19.2. The van der Waals surface area contributed by atoms with Gasteiger partial charge < -0.3 is 5.32 Å². The van der Waals surface area contributed by atoms with Gasteiger partial charge in [-0.2, -0.15) is 5.26 Å². The van der Waals surface area contributed by atoms with E-state index in [1.165, 1.54) is 22.3 Å². The first-order valence-corrected chi connectivity index (χ1v) is 10.1. The third kappa shape index (κ3) is 3.76. The van der Waals surface area contributed by atoms with Crippen molar-refractivity contribution >= 4 is 45.4 Å². The molecule has 26 heavy (non-hydrogen) atoms. The molecule has 3 rings (SSSR count). The molecule has 0 saturated heterocycles. The second-order valence-electron chi connectivity index (χ2n) is 7.70. The van der Waals surface area contributed by atoms with Gasteiger partial charge in [0.05, 0.1) is 16.1 Å². The number of carbonyl (C=O) groups is 1. The molecule has 0 aliphatic heterocycles. The van der Waals surface area contributed by atoms with Gasteiger partial charge in [0, 0.05) is 9.90 Å². The summed E-state index contributed by atoms with van der Waals surface area (Å²) in [7, 11) is 0. The van der Waals surface area contributed by atoms with Crippen molar-refractivity contribution in [2.24, 2.45) is 11.3 Å². The Labute approximate surface area is 167 Å². The van der Waals surface area contributed by atoms with Crippen molar-refractivity contribution in [3.63, 3.8) is 0 Å². The molecular weight excluding hydrogens is 387 g/mol. The zero-order valence-corrected chi connectivity index (χ0v) is 17.3. The van der Waals surface area contributed by atoms with Crippen LogP contribution in [0.15, 0.2) is 18.2 Å². The summed E-state index contributed by atoms with van der Waals surface area (Å²) in [5.41, 5.74) is 2.21. The van der Waals surface area contributed by atoms with Crippen LogP contribution in [0.4, 0.5) is 5.00 Å². The summed E-state index contributed by atoms with van der Waals surface area (Å²) < 4.78 is 0. The molecule has 1 aromatic heterocycles. The van der Waals surface area contributed by atoms with E-state index in [0.29, 0.717) is 32.1 Å². The van der Waals surface area contributed by atoms with E-state index in [9.17, 15) is 10.1 Å². The van der Waals surface area contributed by atoms with Gasteiger partial charge in [0.1, 0.15) is 11.1 Å². The Hall–Kier alpha value is -1.54. The lowest BCUT2D eigenvalue weighted by atomic mass is 9.72. The minimum absolute atomic E-state index is 0.228. The van der Waals surface area contributed by atoms with Crippen molar-refractivity contribution in [1.29, 1.82) is 5.26 Å². The lowest BCUT2D eigenvalue weighted by Crippen LogP contribution is -2.26. The number of carbonyl (C=O) groups excluding carboxylic acids is 1. The van der Waals surface area contributed by atoms with Gasteiger partial charge in [0.2, 0.25) is 0 Å². The maximum atomic E-state index is 12.6. The molecule has 136 valence electrons. The number of anilines is 1. The molecule has 1 aliphatic carbocycles. The fraction of sp³-hybridized carbons (Fsp3) is 0.400. The molecule has 6 heteroatoms. The van der Waals surface area contributed by atoms with Gasteiger partial charge >= 0.3 is 0 Å². The topological polar surface area (TPSA) is 52.9 Å². The van der Waals surface area contributed by atoms with Crippen LogP contribution < -0.4 is 5.32 Å². The number of hydrogen-bond acceptors (Lipinski definition) is 3. The number of halogens is 2. The highest BCUT2D eigenvalue weighted by atomic mass is 35.5. The van der Waals surface area contributed by atoms with Crippen LogP contribution >= 0.6 is 34.5 Å². The van der Waals surface area contributed by atoms with Crippen molar-refractivity contribution < 1.29 is 4.79 Å². The Morgan fingerprint density at radius 3 is 2.73 bits per heavy atom. The van der Waals surface area contributed by atoms with Crippen LogP contribution in [-0.4, -0.2) is 5.91 Å². The van der Waals surface area contributed by atoms with E-state index >= 15 is 0 Å². The molecule has 0 saturated carbocycles. The molecular formula is C20H20Cl2N2OS. The lowest BCUT2D eigenvalue weighted by Gasteiger charge is -2.33. The fourth-order valence-corrected chi connectivity index (χ4v) is 5.02. The van der Waals surface area contributed by atoms with E-state index in [-0.39, 0.29) is 11.3 Å². The largest absolute Gasteiger partial charge is 0.312 e. The van der Waals surface area contributed by atoms with Gasteiger partial charge in [-0.3, -0.25) is 4.79 Å². The summed E-state index contributed by atoms with van der Waals surface area (Å²) in [4.78, 5) is 13.8. The van der Waals surface area contributed by atoms with E-state index in [0.717, 1.165) is 24.8 Å². The molecule has 3 nitrogen and oxygen atoms in total. The van der Waals surface area contributed by atoms with E-state index in [2.05, 4.69) is 32.2 Å². The number of rotatable bonds is 2. The van der Waals surface area contributed by atoms with Gasteiger partial charge in [-0.25, -0.2) is 0 Å². The number of nitriles is 1. The number of nitrogens with zero attached hydrogens (tertiary/aromatic N) is 1. The Morgan fingerprint density at radius 1 is 1.35 bits per heavy atom. The summed E-state index contributed by atoms with van der Waals surface area (Å²) >= 11 is 13.6. The standard InChI is InChI=1S/C20H20Cl2N2OS/c1-20(2,3)11-4-6-13-15(10-23)19(26-17(13)8-11)24-18(25)14-9-12(21)5-7-16(14)22/h5,7,9,11H,4,6,8H2,1-3H3,(H,24,25). The average molecular weight is 407 g/mol. The smallest absolute Gasteiger partial charge is 0.257 e. The van der Waals surface area contributed by atoms with E-state index < -0.39 is 0 Å². The predicted octanol–water partition coefficient (Wildman–Crippen LogP) is 6.33. The number of nitrogens with one attached hydrogen (secondary N) is 1. The monoisotopic (exact) mass is 406 g/mol. The highest BCUT2D eigenvalue weighted by Crippen LogP contribution is 2.44. The Balaban J connectivity index is 1.90. The summed E-state index contributed by atoms with van der Waals surface area (Å²) in [6.45, 7) is 6.77. The second kappa shape index (κ2) is 7.23. The van der Waals surface area contributed by atoms with Gasteiger partial charge in [0.25, 0.3) is 5.91 Å². The van der Waals surface area contributed by atoms with Crippen molar-refractivity contribution in [2.75, 3.05) is 5.32 Å². The summed E-state index contributed by atoms with van der Waals surface area (Å²) in [6.07, 6.45) is 2.89. The number of fused-ring (bicyclic) bond motifs is 1. The number of benzene rings is 1. The third-order valence-electron chi connectivity index (χ3n) is 5.00. The Bertz CT molecular complexity index is 906. The zero-order valence-electron chi connectivity index (χ0n) is 15.0. The van der Waals surface area contributed by atoms with Crippen molar-refractivity contribution in [2.45, 2.75) is 40.0 Å². The molecule has 0 fully saturated rings. The van der Waals surface area contributed by atoms with Crippen LogP contribution in [0, 0.1) is 22.7 Å². The van der Waals surface area contributed by atoms with Crippen LogP contribution in [0.2, 0.25) is 10.0 Å². The van der Waals surface area contributed by atoms with Crippen LogP contribution in [0.25, 0.3) is 0 Å². The normalized spacial score (nSPS) is 16.7. The van der Waals surface area contributed by atoms with Crippen molar-refractivity contribution in [3.8, 4) is 6.07 Å². The molecule has 1 unspecified atom stereocenters. The van der Waals surface area contributed by atoms with Crippen molar-refractivity contribution in [3.05, 3.63) is 49.8 Å². The number of hydrogen-bond donors (Lipinski definition) is 1. The minimum Gasteiger partial charge on any atom is -0.312 e.